The second-order valence-corrected chi connectivity index (χ2v) is 5.68. The van der Waals surface area contributed by atoms with Crippen LogP contribution in [0.1, 0.15) is 38.9 Å². The first kappa shape index (κ1) is 14.0. The van der Waals surface area contributed by atoms with Gasteiger partial charge in [-0.25, -0.2) is 13.7 Å². The van der Waals surface area contributed by atoms with E-state index in [9.17, 15) is 0 Å². The van der Waals surface area contributed by atoms with Gasteiger partial charge in [-0.2, -0.15) is 0 Å². The van der Waals surface area contributed by atoms with Gasteiger partial charge in [-0.3, -0.25) is 0 Å². The Bertz CT molecular complexity index is 494. The van der Waals surface area contributed by atoms with E-state index in [0.717, 1.165) is 6.54 Å². The third-order valence-corrected chi connectivity index (χ3v) is 4.36. The van der Waals surface area contributed by atoms with Crippen molar-refractivity contribution in [3.63, 3.8) is 0 Å². The Morgan fingerprint density at radius 3 is 2.58 bits per heavy atom. The van der Waals surface area contributed by atoms with Crippen LogP contribution >= 0.6 is 0 Å². The Hall–Kier alpha value is -1.38. The molecule has 1 aromatic heterocycles. The molecule has 1 unspecified atom stereocenters. The fraction of sp³-hybridized carbons (Fsp3) is 0.625. The van der Waals surface area contributed by atoms with Crippen LogP contribution in [0.3, 0.4) is 0 Å². The summed E-state index contributed by atoms with van der Waals surface area (Å²) in [5, 5.41) is 0. The second-order valence-electron chi connectivity index (χ2n) is 5.68. The molecule has 0 amide bonds. The molecule has 0 bridgehead atoms. The molecule has 0 saturated carbocycles. The predicted octanol–water partition coefficient (Wildman–Crippen LogP) is 2.43. The normalized spacial score (nSPS) is 18.6. The molecule has 0 N–H and O–H groups in total. The lowest BCUT2D eigenvalue weighted by atomic mass is 10.1. The summed E-state index contributed by atoms with van der Waals surface area (Å²) in [6.45, 7) is 9.00. The molecule has 0 fully saturated rings. The van der Waals surface area contributed by atoms with Crippen molar-refractivity contribution in [3.05, 3.63) is 30.5 Å². The van der Waals surface area contributed by atoms with Crippen LogP contribution in [-0.4, -0.2) is 21.4 Å². The van der Waals surface area contributed by atoms with Gasteiger partial charge in [0, 0.05) is 20.3 Å². The molecule has 1 aliphatic heterocycles. The minimum atomic E-state index is 0.627. The van der Waals surface area contributed by atoms with E-state index in [4.69, 9.17) is 0 Å². The molecule has 19 heavy (non-hydrogen) atoms. The Morgan fingerprint density at radius 2 is 2.00 bits per heavy atom. The van der Waals surface area contributed by atoms with Crippen molar-refractivity contribution in [2.45, 2.75) is 46.6 Å². The van der Waals surface area contributed by atoms with Crippen molar-refractivity contribution < 1.29 is 9.14 Å². The Morgan fingerprint density at radius 1 is 1.21 bits per heavy atom. The zero-order chi connectivity index (χ0) is 13.8. The van der Waals surface area contributed by atoms with Crippen LogP contribution in [-0.2, 0) is 13.6 Å². The highest BCUT2D eigenvalue weighted by molar-refractivity contribution is 5.82. The third kappa shape index (κ3) is 3.34. The molecule has 2 rings (SSSR count). The number of unbranched alkanes of at least 4 members (excludes halogenated alkanes) is 2. The molecule has 3 nitrogen and oxygen atoms in total. The lowest BCUT2D eigenvalue weighted by Gasteiger charge is -2.01. The molecule has 0 saturated heterocycles. The van der Waals surface area contributed by atoms with Gasteiger partial charge in [0.15, 0.2) is 11.9 Å². The largest absolute Gasteiger partial charge is 0.253 e. The zero-order valence-electron chi connectivity index (χ0n) is 12.8. The van der Waals surface area contributed by atoms with Crippen molar-refractivity contribution in [1.82, 2.24) is 4.57 Å². The maximum atomic E-state index is 2.41. The van der Waals surface area contributed by atoms with Gasteiger partial charge in [0.25, 0.3) is 5.82 Å². The molecule has 3 heteroatoms. The first-order valence-corrected chi connectivity index (χ1v) is 7.39. The fourth-order valence-electron chi connectivity index (χ4n) is 2.58. The standard InChI is InChI=1S/C16H27N3/c1-14-8-11-18(15(14)2)9-6-5-7-10-19-13-12-17(4)16(19)3/h8,11-14H,5-7,9-10H2,1-4H3/q+2. The zero-order valence-corrected chi connectivity index (χ0v) is 12.8. The van der Waals surface area contributed by atoms with Gasteiger partial charge in [0.1, 0.15) is 18.9 Å². The number of nitrogens with zero attached hydrogens (tertiary/aromatic N) is 3. The number of aromatic nitrogens is 2. The van der Waals surface area contributed by atoms with Crippen molar-refractivity contribution in [3.8, 4) is 0 Å². The lowest BCUT2D eigenvalue weighted by Crippen LogP contribution is -2.29. The van der Waals surface area contributed by atoms with Gasteiger partial charge < -0.3 is 0 Å². The molecule has 1 aromatic rings. The Kier molecular flexibility index (Phi) is 4.56. The van der Waals surface area contributed by atoms with Crippen LogP contribution in [0.5, 0.6) is 0 Å². The number of hydrogen-bond donors (Lipinski definition) is 0. The molecular formula is C16H27N3+2. The molecule has 104 valence electrons. The molecular weight excluding hydrogens is 234 g/mol. The van der Waals surface area contributed by atoms with E-state index in [1.165, 1.54) is 37.3 Å². The van der Waals surface area contributed by atoms with E-state index in [-0.39, 0.29) is 0 Å². The number of allylic oxidation sites excluding steroid dienone is 1. The minimum Gasteiger partial charge on any atom is -0.237 e. The smallest absolute Gasteiger partial charge is 0.237 e. The van der Waals surface area contributed by atoms with Crippen LogP contribution in [0.2, 0.25) is 0 Å². The van der Waals surface area contributed by atoms with Crippen LogP contribution in [0.15, 0.2) is 24.7 Å². The minimum absolute atomic E-state index is 0.627. The van der Waals surface area contributed by atoms with Gasteiger partial charge >= 0.3 is 0 Å². The Labute approximate surface area is 116 Å². The molecule has 1 atom stereocenters. The summed E-state index contributed by atoms with van der Waals surface area (Å²) in [5.74, 6) is 1.96. The van der Waals surface area contributed by atoms with Gasteiger partial charge in [-0.15, -0.1) is 0 Å². The van der Waals surface area contributed by atoms with Crippen molar-refractivity contribution >= 4 is 5.71 Å². The molecule has 2 heterocycles. The molecule has 0 spiro atoms. The SMILES string of the molecule is CC1=[N+](CCCCCn2cc[n+](C)c2C)C=CC1C. The number of rotatable bonds is 6. The highest BCUT2D eigenvalue weighted by Crippen LogP contribution is 2.10. The van der Waals surface area contributed by atoms with Crippen molar-refractivity contribution in [2.24, 2.45) is 13.0 Å². The van der Waals surface area contributed by atoms with Gasteiger partial charge in [0.05, 0.1) is 19.5 Å². The van der Waals surface area contributed by atoms with Crippen LogP contribution in [0, 0.1) is 12.8 Å². The monoisotopic (exact) mass is 261 g/mol. The maximum absolute atomic E-state index is 2.41. The van der Waals surface area contributed by atoms with Crippen molar-refractivity contribution in [2.75, 3.05) is 6.54 Å². The highest BCUT2D eigenvalue weighted by atomic mass is 15.1. The predicted molar refractivity (Wildman–Crippen MR) is 78.3 cm³/mol. The van der Waals surface area contributed by atoms with Crippen molar-refractivity contribution in [1.29, 1.82) is 0 Å². The summed E-state index contributed by atoms with van der Waals surface area (Å²) in [5.41, 5.74) is 1.49. The summed E-state index contributed by atoms with van der Waals surface area (Å²) in [6.07, 6.45) is 12.7. The summed E-state index contributed by atoms with van der Waals surface area (Å²) in [4.78, 5) is 0. The summed E-state index contributed by atoms with van der Waals surface area (Å²) >= 11 is 0. The topological polar surface area (TPSA) is 11.8 Å². The van der Waals surface area contributed by atoms with E-state index in [1.807, 2.05) is 0 Å². The molecule has 0 aromatic carbocycles. The number of aryl methyl sites for hydroxylation is 2. The number of hydrogen-bond acceptors (Lipinski definition) is 0. The second kappa shape index (κ2) is 6.18. The average Bonchev–Trinajstić information content (AvgIpc) is 2.88. The van der Waals surface area contributed by atoms with E-state index in [2.05, 4.69) is 66.2 Å². The van der Waals surface area contributed by atoms with Gasteiger partial charge in [0.2, 0.25) is 0 Å². The van der Waals surface area contributed by atoms with E-state index in [0.29, 0.717) is 5.92 Å². The number of imidazole rings is 1. The first-order valence-electron chi connectivity index (χ1n) is 7.39. The summed E-state index contributed by atoms with van der Waals surface area (Å²) < 4.78 is 6.93. The lowest BCUT2D eigenvalue weighted by molar-refractivity contribution is -0.677. The fourth-order valence-corrected chi connectivity index (χ4v) is 2.58. The Balaban J connectivity index is 1.68. The molecule has 0 aliphatic carbocycles. The van der Waals surface area contributed by atoms with Crippen LogP contribution in [0.4, 0.5) is 0 Å². The summed E-state index contributed by atoms with van der Waals surface area (Å²) in [6, 6.07) is 0. The molecule has 1 aliphatic rings. The highest BCUT2D eigenvalue weighted by Gasteiger charge is 2.19. The quantitative estimate of drug-likeness (QED) is 0.551. The maximum Gasteiger partial charge on any atom is 0.253 e. The van der Waals surface area contributed by atoms with Gasteiger partial charge in [-0.05, 0) is 25.8 Å². The summed E-state index contributed by atoms with van der Waals surface area (Å²) in [7, 11) is 2.10. The molecule has 0 radical (unpaired) electrons. The van der Waals surface area contributed by atoms with E-state index < -0.39 is 0 Å². The van der Waals surface area contributed by atoms with Crippen LogP contribution in [0.25, 0.3) is 0 Å². The first-order chi connectivity index (χ1) is 9.09. The van der Waals surface area contributed by atoms with Gasteiger partial charge in [-0.1, -0.05) is 0 Å². The van der Waals surface area contributed by atoms with Crippen LogP contribution < -0.4 is 4.57 Å². The third-order valence-electron chi connectivity index (χ3n) is 4.36. The average molecular weight is 261 g/mol. The van der Waals surface area contributed by atoms with E-state index >= 15 is 0 Å². The van der Waals surface area contributed by atoms with E-state index in [1.54, 1.807) is 0 Å².